The number of nitrogens with zero attached hydrogens (tertiary/aromatic N) is 2. The smallest absolute Gasteiger partial charge is 0.273 e. The third kappa shape index (κ3) is 3.95. The van der Waals surface area contributed by atoms with E-state index in [9.17, 15) is 4.79 Å². The van der Waals surface area contributed by atoms with Crippen molar-refractivity contribution in [2.75, 3.05) is 7.11 Å². The average Bonchev–Trinajstić information content (AvgIpc) is 3.08. The van der Waals surface area contributed by atoms with E-state index >= 15 is 0 Å². The van der Waals surface area contributed by atoms with E-state index < -0.39 is 0 Å². The molecule has 0 bridgehead atoms. The van der Waals surface area contributed by atoms with Crippen LogP contribution in [-0.2, 0) is 6.54 Å². The SMILES string of the molecule is COc1ccccc1Oc1ncccc1CNC(=O)c1cc(C)on1. The molecule has 2 heterocycles. The molecule has 128 valence electrons. The minimum absolute atomic E-state index is 0.230. The van der Waals surface area contributed by atoms with E-state index in [4.69, 9.17) is 14.0 Å². The quantitative estimate of drug-likeness (QED) is 0.742. The van der Waals surface area contributed by atoms with Crippen molar-refractivity contribution in [1.29, 1.82) is 0 Å². The van der Waals surface area contributed by atoms with Gasteiger partial charge in [0.1, 0.15) is 5.76 Å². The van der Waals surface area contributed by atoms with E-state index in [2.05, 4.69) is 15.5 Å². The van der Waals surface area contributed by atoms with Crippen molar-refractivity contribution in [3.8, 4) is 17.4 Å². The van der Waals surface area contributed by atoms with Gasteiger partial charge in [-0.1, -0.05) is 23.4 Å². The maximum absolute atomic E-state index is 12.1. The second kappa shape index (κ2) is 7.48. The lowest BCUT2D eigenvalue weighted by molar-refractivity contribution is 0.0941. The number of aromatic nitrogens is 2. The Kier molecular flexibility index (Phi) is 4.94. The third-order valence-corrected chi connectivity index (χ3v) is 3.43. The van der Waals surface area contributed by atoms with Gasteiger partial charge in [0.2, 0.25) is 5.88 Å². The van der Waals surface area contributed by atoms with Gasteiger partial charge < -0.3 is 19.3 Å². The number of carbonyl (C=O) groups excluding carboxylic acids is 1. The monoisotopic (exact) mass is 339 g/mol. The highest BCUT2D eigenvalue weighted by Gasteiger charge is 2.13. The molecule has 1 aromatic carbocycles. The maximum atomic E-state index is 12.1. The van der Waals surface area contributed by atoms with Crippen LogP contribution in [0.15, 0.2) is 53.2 Å². The summed E-state index contributed by atoms with van der Waals surface area (Å²) in [5, 5.41) is 6.46. The number of aryl methyl sites for hydroxylation is 1. The number of hydrogen-bond donors (Lipinski definition) is 1. The molecule has 0 unspecified atom stereocenters. The lowest BCUT2D eigenvalue weighted by Gasteiger charge is -2.12. The van der Waals surface area contributed by atoms with Crippen molar-refractivity contribution in [1.82, 2.24) is 15.5 Å². The van der Waals surface area contributed by atoms with E-state index in [0.717, 1.165) is 5.56 Å². The van der Waals surface area contributed by atoms with Crippen LogP contribution < -0.4 is 14.8 Å². The van der Waals surface area contributed by atoms with Crippen molar-refractivity contribution < 1.29 is 18.8 Å². The highest BCUT2D eigenvalue weighted by molar-refractivity contribution is 5.92. The van der Waals surface area contributed by atoms with Crippen LogP contribution >= 0.6 is 0 Å². The summed E-state index contributed by atoms with van der Waals surface area (Å²) >= 11 is 0. The molecular formula is C18H17N3O4. The Morgan fingerprint density at radius 1 is 1.20 bits per heavy atom. The molecule has 3 rings (SSSR count). The van der Waals surface area contributed by atoms with Gasteiger partial charge in [0.05, 0.1) is 7.11 Å². The van der Waals surface area contributed by atoms with Crippen LogP contribution in [0.2, 0.25) is 0 Å². The fraction of sp³-hybridized carbons (Fsp3) is 0.167. The molecule has 25 heavy (non-hydrogen) atoms. The van der Waals surface area contributed by atoms with Crippen LogP contribution in [0.5, 0.6) is 17.4 Å². The zero-order chi connectivity index (χ0) is 17.6. The summed E-state index contributed by atoms with van der Waals surface area (Å²) in [5.41, 5.74) is 0.954. The molecule has 3 aromatic rings. The van der Waals surface area contributed by atoms with E-state index in [1.54, 1.807) is 44.5 Å². The van der Waals surface area contributed by atoms with Gasteiger partial charge in [-0.25, -0.2) is 4.98 Å². The fourth-order valence-corrected chi connectivity index (χ4v) is 2.20. The number of pyridine rings is 1. The van der Waals surface area contributed by atoms with Crippen LogP contribution in [0.3, 0.4) is 0 Å². The molecular weight excluding hydrogens is 322 g/mol. The van der Waals surface area contributed by atoms with Gasteiger partial charge in [0, 0.05) is 24.4 Å². The highest BCUT2D eigenvalue weighted by atomic mass is 16.5. The Balaban J connectivity index is 1.73. The summed E-state index contributed by atoms with van der Waals surface area (Å²) in [6.07, 6.45) is 1.62. The average molecular weight is 339 g/mol. The highest BCUT2D eigenvalue weighted by Crippen LogP contribution is 2.31. The molecule has 0 atom stereocenters. The van der Waals surface area contributed by atoms with Gasteiger partial charge in [-0.2, -0.15) is 0 Å². The first-order chi connectivity index (χ1) is 12.2. The molecule has 1 N–H and O–H groups in total. The van der Waals surface area contributed by atoms with E-state index in [0.29, 0.717) is 23.1 Å². The number of carbonyl (C=O) groups is 1. The molecule has 0 spiro atoms. The van der Waals surface area contributed by atoms with Crippen LogP contribution in [0.1, 0.15) is 21.8 Å². The molecule has 2 aromatic heterocycles. The lowest BCUT2D eigenvalue weighted by atomic mass is 10.2. The largest absolute Gasteiger partial charge is 0.493 e. The first-order valence-corrected chi connectivity index (χ1v) is 7.63. The van der Waals surface area contributed by atoms with Gasteiger partial charge >= 0.3 is 0 Å². The predicted octanol–water partition coefficient (Wildman–Crippen LogP) is 3.11. The van der Waals surface area contributed by atoms with Gasteiger partial charge in [-0.05, 0) is 25.1 Å². The van der Waals surface area contributed by atoms with Gasteiger partial charge in [-0.3, -0.25) is 4.79 Å². The Morgan fingerprint density at radius 3 is 2.72 bits per heavy atom. The number of amides is 1. The molecule has 1 amide bonds. The van der Waals surface area contributed by atoms with E-state index in [1.807, 2.05) is 18.2 Å². The molecule has 7 nitrogen and oxygen atoms in total. The number of ether oxygens (including phenoxy) is 2. The van der Waals surface area contributed by atoms with Crippen molar-refractivity contribution in [3.63, 3.8) is 0 Å². The van der Waals surface area contributed by atoms with Crippen LogP contribution in [0.4, 0.5) is 0 Å². The summed E-state index contributed by atoms with van der Waals surface area (Å²) in [6, 6.07) is 12.5. The zero-order valence-corrected chi connectivity index (χ0v) is 13.9. The molecule has 0 aliphatic carbocycles. The molecule has 0 aliphatic heterocycles. The van der Waals surface area contributed by atoms with Crippen molar-refractivity contribution in [3.05, 3.63) is 65.7 Å². The van der Waals surface area contributed by atoms with E-state index in [-0.39, 0.29) is 18.1 Å². The second-order valence-electron chi connectivity index (χ2n) is 5.23. The topological polar surface area (TPSA) is 86.5 Å². The van der Waals surface area contributed by atoms with Crippen molar-refractivity contribution >= 4 is 5.91 Å². The number of para-hydroxylation sites is 2. The Hall–Kier alpha value is -3.35. The van der Waals surface area contributed by atoms with Crippen molar-refractivity contribution in [2.24, 2.45) is 0 Å². The van der Waals surface area contributed by atoms with Crippen LogP contribution in [-0.4, -0.2) is 23.2 Å². The molecule has 0 aliphatic rings. The Bertz CT molecular complexity index is 876. The normalized spacial score (nSPS) is 10.3. The molecule has 0 radical (unpaired) electrons. The number of nitrogens with one attached hydrogen (secondary N) is 1. The zero-order valence-electron chi connectivity index (χ0n) is 13.9. The summed E-state index contributed by atoms with van der Waals surface area (Å²) in [4.78, 5) is 16.3. The van der Waals surface area contributed by atoms with E-state index in [1.165, 1.54) is 0 Å². The minimum Gasteiger partial charge on any atom is -0.493 e. The number of benzene rings is 1. The van der Waals surface area contributed by atoms with Crippen LogP contribution in [0, 0.1) is 6.92 Å². The Morgan fingerprint density at radius 2 is 2.00 bits per heavy atom. The summed E-state index contributed by atoms with van der Waals surface area (Å²) in [6.45, 7) is 1.97. The molecule has 0 fully saturated rings. The summed E-state index contributed by atoms with van der Waals surface area (Å²) in [5.74, 6) is 1.78. The number of methoxy groups -OCH3 is 1. The standard InChI is InChI=1S/C18H17N3O4/c1-12-10-14(21-25-12)17(22)20-11-13-6-5-9-19-18(13)24-16-8-4-3-7-15(16)23-2/h3-10H,11H2,1-2H3,(H,20,22). The number of hydrogen-bond acceptors (Lipinski definition) is 6. The first-order valence-electron chi connectivity index (χ1n) is 7.63. The minimum atomic E-state index is -0.330. The molecule has 0 saturated heterocycles. The van der Waals surface area contributed by atoms with Gasteiger partial charge in [-0.15, -0.1) is 0 Å². The lowest BCUT2D eigenvalue weighted by Crippen LogP contribution is -2.23. The van der Waals surface area contributed by atoms with Crippen LogP contribution in [0.25, 0.3) is 0 Å². The fourth-order valence-electron chi connectivity index (χ4n) is 2.20. The predicted molar refractivity (Wildman–Crippen MR) is 89.7 cm³/mol. The maximum Gasteiger partial charge on any atom is 0.273 e. The molecule has 7 heteroatoms. The Labute approximate surface area is 144 Å². The third-order valence-electron chi connectivity index (χ3n) is 3.43. The first kappa shape index (κ1) is 16.5. The summed E-state index contributed by atoms with van der Waals surface area (Å²) in [7, 11) is 1.57. The van der Waals surface area contributed by atoms with Gasteiger partial charge in [0.25, 0.3) is 5.91 Å². The second-order valence-corrected chi connectivity index (χ2v) is 5.23. The number of rotatable bonds is 6. The molecule has 0 saturated carbocycles. The summed E-state index contributed by atoms with van der Waals surface area (Å²) < 4.78 is 16.0. The van der Waals surface area contributed by atoms with Crippen molar-refractivity contribution in [2.45, 2.75) is 13.5 Å². The van der Waals surface area contributed by atoms with Gasteiger partial charge in [0.15, 0.2) is 17.2 Å².